The van der Waals surface area contributed by atoms with Gasteiger partial charge in [-0.05, 0) is 5.92 Å². The van der Waals surface area contributed by atoms with Gasteiger partial charge in [-0.1, -0.05) is 20.3 Å². The maximum atomic E-state index is 12.3. The molecular formula is C15H30N4O3. The van der Waals surface area contributed by atoms with E-state index in [1.54, 1.807) is 7.11 Å². The molecule has 0 saturated carbocycles. The van der Waals surface area contributed by atoms with E-state index in [1.165, 1.54) is 0 Å². The summed E-state index contributed by atoms with van der Waals surface area (Å²) in [5.74, 6) is 0.212. The minimum Gasteiger partial charge on any atom is -0.383 e. The zero-order valence-electron chi connectivity index (χ0n) is 14.0. The molecular weight excluding hydrogens is 284 g/mol. The molecule has 1 rings (SSSR count). The molecule has 7 heteroatoms. The highest BCUT2D eigenvalue weighted by molar-refractivity contribution is 5.82. The second-order valence-electron chi connectivity index (χ2n) is 5.86. The summed E-state index contributed by atoms with van der Waals surface area (Å²) < 4.78 is 4.89. The summed E-state index contributed by atoms with van der Waals surface area (Å²) in [7, 11) is 1.60. The van der Waals surface area contributed by atoms with E-state index in [1.807, 2.05) is 18.7 Å². The van der Waals surface area contributed by atoms with Crippen molar-refractivity contribution in [3.8, 4) is 0 Å². The molecule has 1 fully saturated rings. The van der Waals surface area contributed by atoms with Gasteiger partial charge >= 0.3 is 0 Å². The number of nitrogens with zero attached hydrogens (tertiary/aromatic N) is 2. The lowest BCUT2D eigenvalue weighted by Gasteiger charge is -2.36. The zero-order chi connectivity index (χ0) is 16.5. The Balaban J connectivity index is 2.31. The van der Waals surface area contributed by atoms with Crippen LogP contribution in [0.1, 0.15) is 20.3 Å². The van der Waals surface area contributed by atoms with Crippen LogP contribution in [-0.4, -0.2) is 80.6 Å². The third-order valence-corrected chi connectivity index (χ3v) is 4.22. The SMILES string of the molecule is CCC(C)C(N)C(=O)N1CCN(CC(=O)NCCOC)CC1. The highest BCUT2D eigenvalue weighted by Crippen LogP contribution is 2.10. The van der Waals surface area contributed by atoms with Gasteiger partial charge < -0.3 is 20.7 Å². The number of methoxy groups -OCH3 is 1. The van der Waals surface area contributed by atoms with Crippen molar-refractivity contribution in [3.63, 3.8) is 0 Å². The number of hydrogen-bond acceptors (Lipinski definition) is 5. The number of hydrogen-bond donors (Lipinski definition) is 2. The van der Waals surface area contributed by atoms with Crippen LogP contribution >= 0.6 is 0 Å². The van der Waals surface area contributed by atoms with E-state index in [0.717, 1.165) is 6.42 Å². The Hall–Kier alpha value is -1.18. The van der Waals surface area contributed by atoms with Crippen LogP contribution in [0.15, 0.2) is 0 Å². The topological polar surface area (TPSA) is 87.9 Å². The van der Waals surface area contributed by atoms with Crippen molar-refractivity contribution in [3.05, 3.63) is 0 Å². The summed E-state index contributed by atoms with van der Waals surface area (Å²) in [6, 6.07) is -0.422. The third kappa shape index (κ3) is 5.90. The molecule has 0 radical (unpaired) electrons. The van der Waals surface area contributed by atoms with Gasteiger partial charge in [0.05, 0.1) is 19.2 Å². The number of rotatable bonds is 8. The highest BCUT2D eigenvalue weighted by atomic mass is 16.5. The first-order valence-electron chi connectivity index (χ1n) is 8.02. The molecule has 0 bridgehead atoms. The normalized spacial score (nSPS) is 18.8. The number of carbonyl (C=O) groups excluding carboxylic acids is 2. The number of nitrogens with one attached hydrogen (secondary N) is 1. The van der Waals surface area contributed by atoms with Crippen LogP contribution in [0, 0.1) is 5.92 Å². The van der Waals surface area contributed by atoms with Crippen molar-refractivity contribution in [1.82, 2.24) is 15.1 Å². The smallest absolute Gasteiger partial charge is 0.239 e. The lowest BCUT2D eigenvalue weighted by atomic mass is 9.98. The van der Waals surface area contributed by atoms with Crippen LogP contribution in [0.4, 0.5) is 0 Å². The first kappa shape index (κ1) is 18.9. The van der Waals surface area contributed by atoms with Gasteiger partial charge in [-0.25, -0.2) is 0 Å². The van der Waals surface area contributed by atoms with E-state index in [-0.39, 0.29) is 17.7 Å². The van der Waals surface area contributed by atoms with Crippen LogP contribution in [-0.2, 0) is 14.3 Å². The van der Waals surface area contributed by atoms with Crippen LogP contribution in [0.25, 0.3) is 0 Å². The summed E-state index contributed by atoms with van der Waals surface area (Å²) in [6.45, 7) is 8.12. The van der Waals surface area contributed by atoms with Gasteiger partial charge in [0, 0.05) is 39.8 Å². The van der Waals surface area contributed by atoms with Crippen molar-refractivity contribution in [2.45, 2.75) is 26.3 Å². The molecule has 128 valence electrons. The van der Waals surface area contributed by atoms with Crippen LogP contribution in [0.5, 0.6) is 0 Å². The van der Waals surface area contributed by atoms with Crippen LogP contribution < -0.4 is 11.1 Å². The molecule has 2 amide bonds. The Bertz CT molecular complexity index is 357. The first-order valence-corrected chi connectivity index (χ1v) is 8.02. The highest BCUT2D eigenvalue weighted by Gasteiger charge is 2.28. The molecule has 7 nitrogen and oxygen atoms in total. The molecule has 3 N–H and O–H groups in total. The molecule has 2 unspecified atom stereocenters. The van der Waals surface area contributed by atoms with Crippen molar-refractivity contribution in [2.75, 3.05) is 53.0 Å². The second kappa shape index (κ2) is 9.76. The number of amides is 2. The number of ether oxygens (including phenoxy) is 1. The number of piperazine rings is 1. The predicted octanol–water partition coefficient (Wildman–Crippen LogP) is -0.733. The van der Waals surface area contributed by atoms with E-state index < -0.39 is 6.04 Å². The minimum atomic E-state index is -0.422. The fourth-order valence-corrected chi connectivity index (χ4v) is 2.39. The molecule has 0 aromatic rings. The summed E-state index contributed by atoms with van der Waals surface area (Å²) in [4.78, 5) is 27.9. The quantitative estimate of drug-likeness (QED) is 0.577. The molecule has 2 atom stereocenters. The average molecular weight is 314 g/mol. The lowest BCUT2D eigenvalue weighted by molar-refractivity contribution is -0.135. The molecule has 1 heterocycles. The van der Waals surface area contributed by atoms with E-state index in [9.17, 15) is 9.59 Å². The van der Waals surface area contributed by atoms with Gasteiger partial charge in [-0.2, -0.15) is 0 Å². The Morgan fingerprint density at radius 2 is 1.91 bits per heavy atom. The first-order chi connectivity index (χ1) is 10.5. The average Bonchev–Trinajstić information content (AvgIpc) is 2.53. The minimum absolute atomic E-state index is 0.00636. The van der Waals surface area contributed by atoms with E-state index >= 15 is 0 Å². The zero-order valence-corrected chi connectivity index (χ0v) is 14.0. The lowest BCUT2D eigenvalue weighted by Crippen LogP contribution is -2.55. The van der Waals surface area contributed by atoms with Gasteiger partial charge in [0.25, 0.3) is 0 Å². The fourth-order valence-electron chi connectivity index (χ4n) is 2.39. The summed E-state index contributed by atoms with van der Waals surface area (Å²) in [5.41, 5.74) is 6.00. The maximum Gasteiger partial charge on any atom is 0.239 e. The molecule has 0 aromatic carbocycles. The van der Waals surface area contributed by atoms with Gasteiger partial charge in [0.15, 0.2) is 0 Å². The van der Waals surface area contributed by atoms with Gasteiger partial charge in [-0.3, -0.25) is 14.5 Å². The summed E-state index contributed by atoms with van der Waals surface area (Å²) in [5, 5.41) is 2.80. The fraction of sp³-hybridized carbons (Fsp3) is 0.867. The monoisotopic (exact) mass is 314 g/mol. The Kier molecular flexibility index (Phi) is 8.37. The summed E-state index contributed by atoms with van der Waals surface area (Å²) in [6.07, 6.45) is 0.897. The number of nitrogens with two attached hydrogens (primary N) is 1. The second-order valence-corrected chi connectivity index (χ2v) is 5.86. The maximum absolute atomic E-state index is 12.3. The predicted molar refractivity (Wildman–Crippen MR) is 85.3 cm³/mol. The standard InChI is InChI=1S/C15H30N4O3/c1-4-12(2)14(16)15(21)19-8-6-18(7-9-19)11-13(20)17-5-10-22-3/h12,14H,4-11,16H2,1-3H3,(H,17,20). The van der Waals surface area contributed by atoms with Crippen LogP contribution in [0.2, 0.25) is 0 Å². The van der Waals surface area contributed by atoms with Crippen molar-refractivity contribution in [1.29, 1.82) is 0 Å². The van der Waals surface area contributed by atoms with Gasteiger partial charge in [0.2, 0.25) is 11.8 Å². The summed E-state index contributed by atoms with van der Waals surface area (Å²) >= 11 is 0. The molecule has 0 aromatic heterocycles. The molecule has 22 heavy (non-hydrogen) atoms. The van der Waals surface area contributed by atoms with Crippen molar-refractivity contribution in [2.24, 2.45) is 11.7 Å². The number of carbonyl (C=O) groups is 2. The molecule has 0 spiro atoms. The molecule has 1 saturated heterocycles. The Morgan fingerprint density at radius 1 is 1.27 bits per heavy atom. The van der Waals surface area contributed by atoms with E-state index in [4.69, 9.17) is 10.5 Å². The van der Waals surface area contributed by atoms with Crippen LogP contribution in [0.3, 0.4) is 0 Å². The Labute approximate surface area is 133 Å². The largest absolute Gasteiger partial charge is 0.383 e. The van der Waals surface area contributed by atoms with Crippen molar-refractivity contribution < 1.29 is 14.3 Å². The van der Waals surface area contributed by atoms with E-state index in [2.05, 4.69) is 10.2 Å². The van der Waals surface area contributed by atoms with Crippen molar-refractivity contribution >= 4 is 11.8 Å². The Morgan fingerprint density at radius 3 is 2.45 bits per heavy atom. The van der Waals surface area contributed by atoms with E-state index in [0.29, 0.717) is 45.9 Å². The van der Waals surface area contributed by atoms with Gasteiger partial charge in [-0.15, -0.1) is 0 Å². The molecule has 1 aliphatic heterocycles. The van der Waals surface area contributed by atoms with Gasteiger partial charge in [0.1, 0.15) is 0 Å². The molecule has 1 aliphatic rings. The third-order valence-electron chi connectivity index (χ3n) is 4.22. The molecule has 0 aliphatic carbocycles.